The number of carbonyl (C=O) groups excluding carboxylic acids is 1. The molecule has 1 heterocycles. The van der Waals surface area contributed by atoms with Crippen molar-refractivity contribution in [1.29, 1.82) is 0 Å². The number of nitrogens with two attached hydrogens (primary N) is 1. The van der Waals surface area contributed by atoms with E-state index < -0.39 is 5.54 Å². The Morgan fingerprint density at radius 1 is 1.36 bits per heavy atom. The molecule has 118 valence electrons. The molecule has 0 fully saturated rings. The molecule has 1 aromatic heterocycles. The average Bonchev–Trinajstić information content (AvgIpc) is 2.80. The first-order valence-electron chi connectivity index (χ1n) is 7.10. The normalized spacial score (nSPS) is 13.0. The predicted octanol–water partition coefficient (Wildman–Crippen LogP) is 2.23. The first-order chi connectivity index (χ1) is 10.2. The van der Waals surface area contributed by atoms with Crippen LogP contribution in [0.25, 0.3) is 5.69 Å². The lowest BCUT2D eigenvalue weighted by Gasteiger charge is -2.21. The van der Waals surface area contributed by atoms with E-state index in [-0.39, 0.29) is 17.8 Å². The number of aromatic nitrogens is 2. The van der Waals surface area contributed by atoms with Crippen LogP contribution in [-0.2, 0) is 4.79 Å². The van der Waals surface area contributed by atoms with E-state index in [1.54, 1.807) is 36.9 Å². The highest BCUT2D eigenvalue weighted by Gasteiger charge is 2.25. The molecule has 1 unspecified atom stereocenters. The summed E-state index contributed by atoms with van der Waals surface area (Å²) in [6.07, 6.45) is 1.70. The van der Waals surface area contributed by atoms with Crippen molar-refractivity contribution in [3.63, 3.8) is 0 Å². The summed E-state index contributed by atoms with van der Waals surface area (Å²) in [6.45, 7) is 7.10. The summed E-state index contributed by atoms with van der Waals surface area (Å²) in [7, 11) is 0. The minimum atomic E-state index is -0.935. The third kappa shape index (κ3) is 3.33. The van der Waals surface area contributed by atoms with Crippen molar-refractivity contribution in [3.05, 3.63) is 47.5 Å². The van der Waals surface area contributed by atoms with Crippen molar-refractivity contribution < 1.29 is 9.18 Å². The highest BCUT2D eigenvalue weighted by Crippen LogP contribution is 2.20. The molecule has 1 amide bonds. The molecule has 0 saturated heterocycles. The van der Waals surface area contributed by atoms with Gasteiger partial charge in [-0.3, -0.25) is 4.79 Å². The maximum Gasteiger partial charge on any atom is 0.239 e. The van der Waals surface area contributed by atoms with E-state index in [1.165, 1.54) is 12.1 Å². The lowest BCUT2D eigenvalue weighted by Crippen LogP contribution is -2.49. The fourth-order valence-corrected chi connectivity index (χ4v) is 2.15. The van der Waals surface area contributed by atoms with Crippen molar-refractivity contribution in [2.45, 2.75) is 39.3 Å². The van der Waals surface area contributed by atoms with E-state index >= 15 is 0 Å². The van der Waals surface area contributed by atoms with Gasteiger partial charge in [-0.1, -0.05) is 0 Å². The maximum atomic E-state index is 13.0. The molecular formula is C16H21FN4O. The van der Waals surface area contributed by atoms with Crippen LogP contribution in [0.1, 0.15) is 38.1 Å². The smallest absolute Gasteiger partial charge is 0.239 e. The lowest BCUT2D eigenvalue weighted by molar-refractivity contribution is -0.125. The lowest BCUT2D eigenvalue weighted by atomic mass is 10.0. The van der Waals surface area contributed by atoms with Crippen LogP contribution < -0.4 is 11.1 Å². The minimum Gasteiger partial charge on any atom is -0.348 e. The van der Waals surface area contributed by atoms with Gasteiger partial charge in [0.2, 0.25) is 5.91 Å². The zero-order valence-electron chi connectivity index (χ0n) is 13.2. The number of hydrogen-bond acceptors (Lipinski definition) is 3. The van der Waals surface area contributed by atoms with E-state index in [0.717, 1.165) is 16.9 Å². The van der Waals surface area contributed by atoms with Gasteiger partial charge in [0.25, 0.3) is 0 Å². The molecule has 1 aromatic carbocycles. The molecule has 0 aliphatic heterocycles. The summed E-state index contributed by atoms with van der Waals surface area (Å²) in [5.41, 5.74) is 7.39. The number of rotatable bonds is 4. The number of carbonyl (C=O) groups is 1. The molecule has 0 aliphatic carbocycles. The Balaban J connectivity index is 2.24. The Bertz CT molecular complexity index is 670. The molecular weight excluding hydrogens is 283 g/mol. The Labute approximate surface area is 129 Å². The third-order valence-corrected chi connectivity index (χ3v) is 3.52. The second kappa shape index (κ2) is 5.88. The topological polar surface area (TPSA) is 72.9 Å². The van der Waals surface area contributed by atoms with Gasteiger partial charge in [0.1, 0.15) is 5.82 Å². The molecule has 0 aliphatic rings. The largest absolute Gasteiger partial charge is 0.348 e. The molecule has 0 spiro atoms. The van der Waals surface area contributed by atoms with Crippen molar-refractivity contribution in [3.8, 4) is 5.69 Å². The summed E-state index contributed by atoms with van der Waals surface area (Å²) in [6, 6.07) is 5.87. The Hall–Kier alpha value is -2.21. The zero-order chi connectivity index (χ0) is 16.5. The maximum absolute atomic E-state index is 13.0. The van der Waals surface area contributed by atoms with Crippen LogP contribution in [0.2, 0.25) is 0 Å². The average molecular weight is 304 g/mol. The highest BCUT2D eigenvalue weighted by molar-refractivity contribution is 5.85. The molecule has 2 rings (SSSR count). The van der Waals surface area contributed by atoms with Crippen LogP contribution in [0, 0.1) is 12.7 Å². The van der Waals surface area contributed by atoms with Gasteiger partial charge >= 0.3 is 0 Å². The van der Waals surface area contributed by atoms with Crippen LogP contribution in [0.3, 0.4) is 0 Å². The third-order valence-electron chi connectivity index (χ3n) is 3.52. The zero-order valence-corrected chi connectivity index (χ0v) is 13.2. The molecule has 6 heteroatoms. The summed E-state index contributed by atoms with van der Waals surface area (Å²) < 4.78 is 14.7. The van der Waals surface area contributed by atoms with E-state index in [9.17, 15) is 9.18 Å². The second-order valence-electron chi connectivity index (χ2n) is 5.99. The number of halogens is 1. The molecule has 2 aromatic rings. The van der Waals surface area contributed by atoms with Gasteiger partial charge in [-0.05, 0) is 52.0 Å². The second-order valence-corrected chi connectivity index (χ2v) is 5.99. The monoisotopic (exact) mass is 304 g/mol. The van der Waals surface area contributed by atoms with E-state index in [2.05, 4.69) is 10.4 Å². The van der Waals surface area contributed by atoms with Gasteiger partial charge in [0.15, 0.2) is 0 Å². The van der Waals surface area contributed by atoms with Crippen molar-refractivity contribution in [1.82, 2.24) is 15.1 Å². The molecule has 0 saturated carbocycles. The molecule has 0 radical (unpaired) electrons. The van der Waals surface area contributed by atoms with Gasteiger partial charge in [0, 0.05) is 11.3 Å². The Morgan fingerprint density at radius 3 is 2.50 bits per heavy atom. The summed E-state index contributed by atoms with van der Waals surface area (Å²) in [4.78, 5) is 12.0. The standard InChI is InChI=1S/C16H21FN4O/c1-10(20-15(22)16(3,4)18)14-9-19-21(11(14)2)13-7-5-12(17)6-8-13/h5-10H,18H2,1-4H3,(H,20,22). The number of hydrogen-bond donors (Lipinski definition) is 2. The fourth-order valence-electron chi connectivity index (χ4n) is 2.15. The van der Waals surface area contributed by atoms with Crippen LogP contribution >= 0.6 is 0 Å². The Kier molecular flexibility index (Phi) is 4.32. The molecule has 5 nitrogen and oxygen atoms in total. The first-order valence-corrected chi connectivity index (χ1v) is 7.10. The molecule has 3 N–H and O–H groups in total. The van der Waals surface area contributed by atoms with Gasteiger partial charge in [-0.2, -0.15) is 5.10 Å². The fraction of sp³-hybridized carbons (Fsp3) is 0.375. The van der Waals surface area contributed by atoms with Crippen LogP contribution in [0.5, 0.6) is 0 Å². The molecule has 22 heavy (non-hydrogen) atoms. The van der Waals surface area contributed by atoms with Gasteiger partial charge in [-0.15, -0.1) is 0 Å². The summed E-state index contributed by atoms with van der Waals surface area (Å²) in [5, 5.41) is 7.19. The van der Waals surface area contributed by atoms with Crippen LogP contribution in [-0.4, -0.2) is 21.2 Å². The first kappa shape index (κ1) is 16.2. The summed E-state index contributed by atoms with van der Waals surface area (Å²) in [5.74, 6) is -0.520. The Morgan fingerprint density at radius 2 is 1.95 bits per heavy atom. The van der Waals surface area contributed by atoms with Crippen molar-refractivity contribution >= 4 is 5.91 Å². The SMILES string of the molecule is Cc1c(C(C)NC(=O)C(C)(C)N)cnn1-c1ccc(F)cc1. The number of amides is 1. The van der Waals surface area contributed by atoms with E-state index in [0.29, 0.717) is 0 Å². The molecule has 0 bridgehead atoms. The molecule has 1 atom stereocenters. The quantitative estimate of drug-likeness (QED) is 0.910. The van der Waals surface area contributed by atoms with Crippen molar-refractivity contribution in [2.24, 2.45) is 5.73 Å². The number of nitrogens with one attached hydrogen (secondary N) is 1. The minimum absolute atomic E-state index is 0.218. The van der Waals surface area contributed by atoms with Gasteiger partial charge in [-0.25, -0.2) is 9.07 Å². The van der Waals surface area contributed by atoms with Crippen LogP contribution in [0.15, 0.2) is 30.5 Å². The number of benzene rings is 1. The van der Waals surface area contributed by atoms with E-state index in [1.807, 2.05) is 13.8 Å². The highest BCUT2D eigenvalue weighted by atomic mass is 19.1. The summed E-state index contributed by atoms with van der Waals surface area (Å²) >= 11 is 0. The van der Waals surface area contributed by atoms with Gasteiger partial charge in [0.05, 0.1) is 23.5 Å². The van der Waals surface area contributed by atoms with E-state index in [4.69, 9.17) is 5.73 Å². The van der Waals surface area contributed by atoms with Gasteiger partial charge < -0.3 is 11.1 Å². The number of nitrogens with zero attached hydrogens (tertiary/aromatic N) is 2. The van der Waals surface area contributed by atoms with Crippen LogP contribution in [0.4, 0.5) is 4.39 Å². The van der Waals surface area contributed by atoms with Crippen molar-refractivity contribution in [2.75, 3.05) is 0 Å². The predicted molar refractivity (Wildman–Crippen MR) is 83.1 cm³/mol.